The number of rotatable bonds is 7. The van der Waals surface area contributed by atoms with Crippen LogP contribution >= 0.6 is 18.9 Å². The molecule has 1 fully saturated rings. The van der Waals surface area contributed by atoms with Crippen molar-refractivity contribution >= 4 is 29.4 Å². The number of nitrogens with zero attached hydrogens (tertiary/aromatic N) is 2. The largest absolute Gasteiger partial charge is 0.462 e. The summed E-state index contributed by atoms with van der Waals surface area (Å²) in [6.07, 6.45) is 6.79. The third-order valence-corrected chi connectivity index (χ3v) is 7.05. The minimum Gasteiger partial charge on any atom is -0.462 e. The van der Waals surface area contributed by atoms with E-state index in [1.165, 1.54) is 23.7 Å². The van der Waals surface area contributed by atoms with Gasteiger partial charge in [0.2, 0.25) is 0 Å². The zero-order valence-corrected chi connectivity index (χ0v) is 16.5. The molecule has 4 rings (SSSR count). The second kappa shape index (κ2) is 7.20. The number of thiazole rings is 1. The molecule has 2 atom stereocenters. The molecule has 7 nitrogen and oxygen atoms in total. The van der Waals surface area contributed by atoms with E-state index in [-0.39, 0.29) is 11.1 Å². The van der Waals surface area contributed by atoms with Crippen LogP contribution in [-0.4, -0.2) is 14.9 Å². The molecule has 1 aliphatic rings. The van der Waals surface area contributed by atoms with E-state index in [1.807, 2.05) is 6.92 Å². The molecule has 0 bridgehead atoms. The zero-order chi connectivity index (χ0) is 19.0. The predicted octanol–water partition coefficient (Wildman–Crippen LogP) is 4.24. The van der Waals surface area contributed by atoms with E-state index in [0.717, 1.165) is 23.3 Å². The standard InChI is InChI=1S/C18H20N3O4PS/c1-2-13(11-5-8-20-9-6-11)25-26(22,23)14-7-10-24-16(14)15-17(12-3-4-12)27-18(19)21-15/h5-10,12-13H,2-4H2,1H3,(H2,19,21)(H,22,23). The Labute approximate surface area is 160 Å². The van der Waals surface area contributed by atoms with Crippen LogP contribution in [0.4, 0.5) is 5.13 Å². The van der Waals surface area contributed by atoms with Crippen molar-refractivity contribution in [2.24, 2.45) is 0 Å². The van der Waals surface area contributed by atoms with Gasteiger partial charge < -0.3 is 15.0 Å². The summed E-state index contributed by atoms with van der Waals surface area (Å²) < 4.78 is 24.3. The smallest absolute Gasteiger partial charge is 0.363 e. The SMILES string of the molecule is CCC(OP(=O)(O)c1ccoc1-c1nc(N)sc1C1CC1)c1ccncc1. The Bertz CT molecular complexity index is 984. The number of furan rings is 1. The molecule has 2 unspecified atom stereocenters. The number of nitrogen functional groups attached to an aromatic ring is 1. The molecule has 0 aromatic carbocycles. The Balaban J connectivity index is 1.68. The van der Waals surface area contributed by atoms with E-state index < -0.39 is 13.7 Å². The van der Waals surface area contributed by atoms with Crippen LogP contribution in [0.15, 0.2) is 41.3 Å². The highest BCUT2D eigenvalue weighted by molar-refractivity contribution is 7.61. The molecule has 0 amide bonds. The number of aromatic nitrogens is 2. The summed E-state index contributed by atoms with van der Waals surface area (Å²) in [6, 6.07) is 5.02. The van der Waals surface area contributed by atoms with Gasteiger partial charge >= 0.3 is 7.60 Å². The molecule has 0 aliphatic heterocycles. The van der Waals surface area contributed by atoms with Crippen molar-refractivity contribution in [2.75, 3.05) is 5.73 Å². The Kier molecular flexibility index (Phi) is 4.90. The Morgan fingerprint density at radius 3 is 2.81 bits per heavy atom. The molecule has 3 N–H and O–H groups in total. The molecular weight excluding hydrogens is 385 g/mol. The minimum absolute atomic E-state index is 0.113. The Hall–Kier alpha value is -1.99. The Morgan fingerprint density at radius 2 is 2.15 bits per heavy atom. The zero-order valence-electron chi connectivity index (χ0n) is 14.7. The summed E-state index contributed by atoms with van der Waals surface area (Å²) >= 11 is 1.41. The first kappa shape index (κ1) is 18.4. The van der Waals surface area contributed by atoms with Crippen LogP contribution in [0.1, 0.15) is 48.6 Å². The van der Waals surface area contributed by atoms with E-state index in [0.29, 0.717) is 23.2 Å². The molecule has 0 radical (unpaired) electrons. The normalized spacial score (nSPS) is 17.6. The molecule has 0 saturated heterocycles. The summed E-state index contributed by atoms with van der Waals surface area (Å²) in [5.41, 5.74) is 7.23. The second-order valence-electron chi connectivity index (χ2n) is 6.48. The van der Waals surface area contributed by atoms with Gasteiger partial charge in [0.05, 0.1) is 12.4 Å². The van der Waals surface area contributed by atoms with Gasteiger partial charge in [-0.2, -0.15) is 0 Å². The number of nitrogens with two attached hydrogens (primary N) is 1. The maximum absolute atomic E-state index is 13.1. The number of pyridine rings is 1. The van der Waals surface area contributed by atoms with Gasteiger partial charge in [0.25, 0.3) is 0 Å². The van der Waals surface area contributed by atoms with Gasteiger partial charge in [0, 0.05) is 17.3 Å². The number of hydrogen-bond acceptors (Lipinski definition) is 7. The lowest BCUT2D eigenvalue weighted by Gasteiger charge is -2.20. The second-order valence-corrected chi connectivity index (χ2v) is 9.27. The lowest BCUT2D eigenvalue weighted by atomic mass is 10.1. The van der Waals surface area contributed by atoms with Crippen LogP contribution in [0, 0.1) is 0 Å². The lowest BCUT2D eigenvalue weighted by Crippen LogP contribution is -2.11. The minimum atomic E-state index is -4.15. The van der Waals surface area contributed by atoms with E-state index in [4.69, 9.17) is 14.7 Å². The summed E-state index contributed by atoms with van der Waals surface area (Å²) in [5, 5.41) is 0.536. The molecule has 3 aromatic heterocycles. The molecule has 3 aromatic rings. The van der Waals surface area contributed by atoms with Crippen LogP contribution in [0.2, 0.25) is 0 Å². The van der Waals surface area contributed by atoms with Crippen molar-refractivity contribution in [3.8, 4) is 11.5 Å². The van der Waals surface area contributed by atoms with Gasteiger partial charge in [0.15, 0.2) is 10.9 Å². The van der Waals surface area contributed by atoms with E-state index in [1.54, 1.807) is 24.5 Å². The van der Waals surface area contributed by atoms with Gasteiger partial charge in [-0.15, -0.1) is 11.3 Å². The van der Waals surface area contributed by atoms with Crippen molar-refractivity contribution in [3.05, 3.63) is 47.3 Å². The summed E-state index contributed by atoms with van der Waals surface area (Å²) in [7, 11) is -4.15. The first-order chi connectivity index (χ1) is 13.0. The predicted molar refractivity (Wildman–Crippen MR) is 104 cm³/mol. The van der Waals surface area contributed by atoms with Gasteiger partial charge in [-0.3, -0.25) is 14.1 Å². The fourth-order valence-electron chi connectivity index (χ4n) is 3.01. The molecule has 142 valence electrons. The number of hydrogen-bond donors (Lipinski definition) is 2. The fourth-order valence-corrected chi connectivity index (χ4v) is 5.41. The maximum atomic E-state index is 13.1. The van der Waals surface area contributed by atoms with Gasteiger partial charge in [-0.05, 0) is 48.9 Å². The highest BCUT2D eigenvalue weighted by atomic mass is 32.1. The van der Waals surface area contributed by atoms with E-state index in [9.17, 15) is 9.46 Å². The topological polar surface area (TPSA) is 111 Å². The lowest BCUT2D eigenvalue weighted by molar-refractivity contribution is 0.178. The average Bonchev–Trinajstić information content (AvgIpc) is 3.24. The van der Waals surface area contributed by atoms with Crippen molar-refractivity contribution in [1.82, 2.24) is 9.97 Å². The van der Waals surface area contributed by atoms with Crippen LogP contribution < -0.4 is 11.0 Å². The molecule has 27 heavy (non-hydrogen) atoms. The number of anilines is 1. The maximum Gasteiger partial charge on any atom is 0.363 e. The molecule has 9 heteroatoms. The van der Waals surface area contributed by atoms with Crippen LogP contribution in [-0.2, 0) is 9.09 Å². The quantitative estimate of drug-likeness (QED) is 0.566. The van der Waals surface area contributed by atoms with Crippen LogP contribution in [0.5, 0.6) is 0 Å². The van der Waals surface area contributed by atoms with Crippen molar-refractivity contribution in [2.45, 2.75) is 38.2 Å². The van der Waals surface area contributed by atoms with Gasteiger partial charge in [0.1, 0.15) is 11.0 Å². The summed E-state index contributed by atoms with van der Waals surface area (Å²) in [6.45, 7) is 1.90. The first-order valence-electron chi connectivity index (χ1n) is 8.75. The Morgan fingerprint density at radius 1 is 1.41 bits per heavy atom. The molecule has 0 spiro atoms. The third-order valence-electron chi connectivity index (χ3n) is 4.50. The van der Waals surface area contributed by atoms with Gasteiger partial charge in [-0.25, -0.2) is 4.98 Å². The van der Waals surface area contributed by atoms with E-state index >= 15 is 0 Å². The fraction of sp³-hybridized carbons (Fsp3) is 0.333. The van der Waals surface area contributed by atoms with Crippen molar-refractivity contribution in [1.29, 1.82) is 0 Å². The van der Waals surface area contributed by atoms with Crippen molar-refractivity contribution < 1.29 is 18.4 Å². The highest BCUT2D eigenvalue weighted by Gasteiger charge is 2.37. The molecule has 1 aliphatic carbocycles. The first-order valence-corrected chi connectivity index (χ1v) is 11.1. The van der Waals surface area contributed by atoms with Crippen LogP contribution in [0.25, 0.3) is 11.5 Å². The summed E-state index contributed by atoms with van der Waals surface area (Å²) in [4.78, 5) is 20.1. The summed E-state index contributed by atoms with van der Waals surface area (Å²) in [5.74, 6) is 0.659. The third kappa shape index (κ3) is 3.71. The van der Waals surface area contributed by atoms with Gasteiger partial charge in [-0.1, -0.05) is 6.92 Å². The van der Waals surface area contributed by atoms with Crippen LogP contribution in [0.3, 0.4) is 0 Å². The molecule has 1 saturated carbocycles. The highest BCUT2D eigenvalue weighted by Crippen LogP contribution is 2.52. The monoisotopic (exact) mass is 405 g/mol. The van der Waals surface area contributed by atoms with Crippen molar-refractivity contribution in [3.63, 3.8) is 0 Å². The molecule has 3 heterocycles. The molecular formula is C18H20N3O4PS. The average molecular weight is 405 g/mol. The van der Waals surface area contributed by atoms with E-state index in [2.05, 4.69) is 9.97 Å².